The molecule has 1 fully saturated rings. The van der Waals surface area contributed by atoms with Gasteiger partial charge in [0, 0.05) is 5.02 Å². The van der Waals surface area contributed by atoms with E-state index < -0.39 is 6.10 Å². The molecule has 1 aromatic rings. The van der Waals surface area contributed by atoms with Crippen molar-refractivity contribution in [3.8, 4) is 0 Å². The third-order valence-corrected chi connectivity index (χ3v) is 5.46. The molecule has 0 bridgehead atoms. The van der Waals surface area contributed by atoms with Crippen molar-refractivity contribution in [3.63, 3.8) is 0 Å². The zero-order chi connectivity index (χ0) is 14.9. The van der Waals surface area contributed by atoms with Gasteiger partial charge in [-0.25, -0.2) is 0 Å². The summed E-state index contributed by atoms with van der Waals surface area (Å²) in [5.41, 5.74) is 1.83. The third kappa shape index (κ3) is 2.88. The Morgan fingerprint density at radius 3 is 2.40 bits per heavy atom. The lowest BCUT2D eigenvalue weighted by Gasteiger charge is -2.47. The zero-order valence-electron chi connectivity index (χ0n) is 13.0. The zero-order valence-corrected chi connectivity index (χ0v) is 13.7. The summed E-state index contributed by atoms with van der Waals surface area (Å²) in [5.74, 6) is 0.761. The fraction of sp³-hybridized carbons (Fsp3) is 0.647. The second-order valence-corrected chi connectivity index (χ2v) is 7.00. The Morgan fingerprint density at radius 1 is 1.30 bits per heavy atom. The van der Waals surface area contributed by atoms with Gasteiger partial charge in [0.2, 0.25) is 0 Å². The van der Waals surface area contributed by atoms with Crippen LogP contribution in [0.25, 0.3) is 0 Å². The summed E-state index contributed by atoms with van der Waals surface area (Å²) < 4.78 is 0. The Bertz CT molecular complexity index is 464. The van der Waals surface area contributed by atoms with E-state index in [-0.39, 0.29) is 5.54 Å². The van der Waals surface area contributed by atoms with Crippen LogP contribution in [0.5, 0.6) is 0 Å². The van der Waals surface area contributed by atoms with E-state index in [4.69, 9.17) is 11.6 Å². The van der Waals surface area contributed by atoms with Crippen LogP contribution in [0.1, 0.15) is 49.8 Å². The van der Waals surface area contributed by atoms with E-state index >= 15 is 0 Å². The number of halogens is 1. The van der Waals surface area contributed by atoms with Gasteiger partial charge in [0.05, 0.1) is 11.6 Å². The molecular formula is C17H26ClNO. The van der Waals surface area contributed by atoms with Gasteiger partial charge < -0.3 is 10.0 Å². The van der Waals surface area contributed by atoms with E-state index in [2.05, 4.69) is 25.9 Å². The second kappa shape index (κ2) is 6.05. The van der Waals surface area contributed by atoms with Gasteiger partial charge in [-0.3, -0.25) is 0 Å². The first-order chi connectivity index (χ1) is 9.36. The summed E-state index contributed by atoms with van der Waals surface area (Å²) in [4.78, 5) is 2.21. The van der Waals surface area contributed by atoms with Crippen LogP contribution >= 0.6 is 11.6 Å². The van der Waals surface area contributed by atoms with Crippen LogP contribution in [0.4, 0.5) is 0 Å². The standard InChI is InChI=1S/C17H26ClNO/c1-12-7-9-17(10-8-12,19(3)4)16(20)14-6-5-13(2)15(18)11-14/h5-6,11-12,16,20H,7-10H2,1-4H3. The minimum Gasteiger partial charge on any atom is -0.386 e. The molecule has 0 radical (unpaired) electrons. The number of likely N-dealkylation sites (N-methyl/N-ethyl adjacent to an activating group) is 1. The highest BCUT2D eigenvalue weighted by atomic mass is 35.5. The van der Waals surface area contributed by atoms with Crippen molar-refractivity contribution < 1.29 is 5.11 Å². The van der Waals surface area contributed by atoms with Gasteiger partial charge in [0.15, 0.2) is 0 Å². The molecule has 1 unspecified atom stereocenters. The fourth-order valence-electron chi connectivity index (χ4n) is 3.32. The Hall–Kier alpha value is -0.570. The molecule has 20 heavy (non-hydrogen) atoms. The lowest BCUT2D eigenvalue weighted by Crippen LogP contribution is -2.51. The molecule has 0 spiro atoms. The van der Waals surface area contributed by atoms with E-state index in [1.165, 1.54) is 12.8 Å². The molecule has 1 aromatic carbocycles. The van der Waals surface area contributed by atoms with Crippen LogP contribution in [-0.2, 0) is 0 Å². The molecule has 1 atom stereocenters. The maximum absolute atomic E-state index is 11.0. The summed E-state index contributed by atoms with van der Waals surface area (Å²) in [7, 11) is 4.16. The Kier molecular flexibility index (Phi) is 4.78. The van der Waals surface area contributed by atoms with Crippen molar-refractivity contribution >= 4 is 11.6 Å². The molecule has 0 aliphatic heterocycles. The van der Waals surface area contributed by atoms with Crippen molar-refractivity contribution in [2.75, 3.05) is 14.1 Å². The lowest BCUT2D eigenvalue weighted by molar-refractivity contribution is -0.0408. The molecule has 0 amide bonds. The minimum atomic E-state index is -0.483. The number of hydrogen-bond acceptors (Lipinski definition) is 2. The van der Waals surface area contributed by atoms with Gasteiger partial charge in [-0.15, -0.1) is 0 Å². The lowest BCUT2D eigenvalue weighted by atomic mass is 9.71. The minimum absolute atomic E-state index is 0.162. The van der Waals surface area contributed by atoms with Gasteiger partial charge in [0.25, 0.3) is 0 Å². The second-order valence-electron chi connectivity index (χ2n) is 6.59. The van der Waals surface area contributed by atoms with Gasteiger partial charge in [-0.05, 0) is 69.8 Å². The first-order valence-electron chi connectivity index (χ1n) is 7.48. The average Bonchev–Trinajstić information content (AvgIpc) is 2.42. The number of rotatable bonds is 3. The molecule has 1 N–H and O–H groups in total. The molecular weight excluding hydrogens is 270 g/mol. The predicted octanol–water partition coefficient (Wildman–Crippen LogP) is 4.19. The molecule has 2 rings (SSSR count). The molecule has 3 heteroatoms. The van der Waals surface area contributed by atoms with E-state index in [0.29, 0.717) is 0 Å². The molecule has 1 saturated carbocycles. The number of aliphatic hydroxyl groups excluding tert-OH is 1. The highest BCUT2D eigenvalue weighted by Crippen LogP contribution is 2.44. The largest absolute Gasteiger partial charge is 0.386 e. The smallest absolute Gasteiger partial charge is 0.0973 e. The monoisotopic (exact) mass is 295 g/mol. The third-order valence-electron chi connectivity index (χ3n) is 5.05. The molecule has 112 valence electrons. The van der Waals surface area contributed by atoms with Crippen LogP contribution in [0.3, 0.4) is 0 Å². The van der Waals surface area contributed by atoms with Gasteiger partial charge in [-0.1, -0.05) is 30.7 Å². The Balaban J connectivity index is 2.31. The highest BCUT2D eigenvalue weighted by molar-refractivity contribution is 6.31. The fourth-order valence-corrected chi connectivity index (χ4v) is 3.51. The van der Waals surface area contributed by atoms with Gasteiger partial charge in [0.1, 0.15) is 0 Å². The van der Waals surface area contributed by atoms with Crippen molar-refractivity contribution in [1.82, 2.24) is 4.90 Å². The van der Waals surface area contributed by atoms with Crippen LogP contribution in [0, 0.1) is 12.8 Å². The summed E-state index contributed by atoms with van der Waals surface area (Å²) in [6, 6.07) is 5.93. The Morgan fingerprint density at radius 2 is 1.90 bits per heavy atom. The number of aryl methyl sites for hydroxylation is 1. The van der Waals surface area contributed by atoms with Crippen LogP contribution in [-0.4, -0.2) is 29.6 Å². The molecule has 1 aliphatic carbocycles. The topological polar surface area (TPSA) is 23.5 Å². The average molecular weight is 296 g/mol. The maximum Gasteiger partial charge on any atom is 0.0973 e. The SMILES string of the molecule is Cc1ccc(C(O)C2(N(C)C)CCC(C)CC2)cc1Cl. The molecule has 1 aliphatic rings. The van der Waals surface area contributed by atoms with E-state index in [0.717, 1.165) is 34.9 Å². The molecule has 0 aromatic heterocycles. The van der Waals surface area contributed by atoms with E-state index in [9.17, 15) is 5.11 Å². The summed E-state index contributed by atoms with van der Waals surface area (Å²) in [5, 5.41) is 11.7. The molecule has 0 heterocycles. The van der Waals surface area contributed by atoms with Crippen molar-refractivity contribution in [2.24, 2.45) is 5.92 Å². The molecule has 0 saturated heterocycles. The van der Waals surface area contributed by atoms with E-state index in [1.807, 2.05) is 25.1 Å². The summed E-state index contributed by atoms with van der Waals surface area (Å²) in [6.07, 6.45) is 3.94. The van der Waals surface area contributed by atoms with Gasteiger partial charge >= 0.3 is 0 Å². The van der Waals surface area contributed by atoms with E-state index in [1.54, 1.807) is 0 Å². The van der Waals surface area contributed by atoms with Crippen LogP contribution in [0.15, 0.2) is 18.2 Å². The predicted molar refractivity (Wildman–Crippen MR) is 85.2 cm³/mol. The number of hydrogen-bond donors (Lipinski definition) is 1. The molecule has 2 nitrogen and oxygen atoms in total. The van der Waals surface area contributed by atoms with Crippen LogP contribution < -0.4 is 0 Å². The first-order valence-corrected chi connectivity index (χ1v) is 7.86. The highest BCUT2D eigenvalue weighted by Gasteiger charge is 2.43. The summed E-state index contributed by atoms with van der Waals surface area (Å²) in [6.45, 7) is 4.29. The number of nitrogens with zero attached hydrogens (tertiary/aromatic N) is 1. The first kappa shape index (κ1) is 15.8. The number of aliphatic hydroxyl groups is 1. The number of benzene rings is 1. The van der Waals surface area contributed by atoms with Crippen molar-refractivity contribution in [1.29, 1.82) is 0 Å². The van der Waals surface area contributed by atoms with Crippen LogP contribution in [0.2, 0.25) is 5.02 Å². The quantitative estimate of drug-likeness (QED) is 0.904. The normalized spacial score (nSPS) is 28.6. The van der Waals surface area contributed by atoms with Crippen molar-refractivity contribution in [3.05, 3.63) is 34.3 Å². The van der Waals surface area contributed by atoms with Crippen molar-refractivity contribution in [2.45, 2.75) is 51.2 Å². The van der Waals surface area contributed by atoms with Gasteiger partial charge in [-0.2, -0.15) is 0 Å². The Labute approximate surface area is 127 Å². The summed E-state index contributed by atoms with van der Waals surface area (Å²) >= 11 is 6.22. The maximum atomic E-state index is 11.0.